The van der Waals surface area contributed by atoms with Crippen molar-refractivity contribution < 1.29 is 27.7 Å². The lowest BCUT2D eigenvalue weighted by Crippen LogP contribution is -2.38. The van der Waals surface area contributed by atoms with E-state index in [0.717, 1.165) is 22.6 Å². The van der Waals surface area contributed by atoms with E-state index in [1.165, 1.54) is 7.11 Å². The Morgan fingerprint density at radius 3 is 2.63 bits per heavy atom. The van der Waals surface area contributed by atoms with Crippen LogP contribution in [0.15, 0.2) is 41.4 Å². The summed E-state index contributed by atoms with van der Waals surface area (Å²) in [5.41, 5.74) is 1.84. The number of rotatable bonds is 9. The van der Waals surface area contributed by atoms with Gasteiger partial charge in [-0.05, 0) is 48.7 Å². The van der Waals surface area contributed by atoms with Gasteiger partial charge in [-0.15, -0.1) is 0 Å². The van der Waals surface area contributed by atoms with Crippen molar-refractivity contribution in [2.45, 2.75) is 26.5 Å². The summed E-state index contributed by atoms with van der Waals surface area (Å²) >= 11 is 0. The zero-order chi connectivity index (χ0) is 21.3. The molecule has 0 aromatic heterocycles. The van der Waals surface area contributed by atoms with E-state index in [1.54, 1.807) is 12.1 Å². The zero-order valence-corrected chi connectivity index (χ0v) is 16.9. The van der Waals surface area contributed by atoms with Crippen molar-refractivity contribution in [3.05, 3.63) is 47.5 Å². The first-order valence-corrected chi connectivity index (χ1v) is 9.61. The van der Waals surface area contributed by atoms with Crippen molar-refractivity contribution in [1.29, 1.82) is 0 Å². The molecule has 2 aromatic carbocycles. The highest BCUT2D eigenvalue weighted by molar-refractivity contribution is 5.79. The summed E-state index contributed by atoms with van der Waals surface area (Å²) in [6, 6.07) is 10.7. The van der Waals surface area contributed by atoms with Crippen LogP contribution < -0.4 is 29.6 Å². The monoisotopic (exact) mass is 421 g/mol. The van der Waals surface area contributed by atoms with Crippen LogP contribution in [0, 0.1) is 0 Å². The van der Waals surface area contributed by atoms with Gasteiger partial charge in [0.15, 0.2) is 29.0 Å². The summed E-state index contributed by atoms with van der Waals surface area (Å²) in [5.74, 6) is 2.41. The third-order valence-electron chi connectivity index (χ3n) is 4.35. The number of nitrogens with one attached hydrogen (secondary N) is 2. The van der Waals surface area contributed by atoms with Crippen molar-refractivity contribution in [2.75, 3.05) is 27.0 Å². The predicted molar refractivity (Wildman–Crippen MR) is 109 cm³/mol. The Balaban J connectivity index is 1.57. The van der Waals surface area contributed by atoms with Crippen molar-refractivity contribution in [1.82, 2.24) is 10.6 Å². The first-order valence-electron chi connectivity index (χ1n) is 9.61. The molecule has 3 rings (SSSR count). The minimum absolute atomic E-state index is 0.0216. The molecule has 9 heteroatoms. The van der Waals surface area contributed by atoms with E-state index in [9.17, 15) is 8.78 Å². The average Bonchev–Trinajstić information content (AvgIpc) is 3.19. The van der Waals surface area contributed by atoms with E-state index in [2.05, 4.69) is 20.4 Å². The number of ether oxygens (including phenoxy) is 4. The molecule has 1 aliphatic heterocycles. The molecule has 0 aliphatic carbocycles. The number of hydrogen-bond acceptors (Lipinski definition) is 5. The summed E-state index contributed by atoms with van der Waals surface area (Å²) in [6.07, 6.45) is 0.595. The van der Waals surface area contributed by atoms with Crippen LogP contribution in [0.25, 0.3) is 0 Å². The van der Waals surface area contributed by atoms with Crippen LogP contribution in [-0.2, 0) is 13.0 Å². The highest BCUT2D eigenvalue weighted by Crippen LogP contribution is 2.32. The van der Waals surface area contributed by atoms with Gasteiger partial charge in [0.1, 0.15) is 0 Å². The second-order valence-electron chi connectivity index (χ2n) is 6.42. The van der Waals surface area contributed by atoms with Gasteiger partial charge in [-0.2, -0.15) is 8.78 Å². The fourth-order valence-corrected chi connectivity index (χ4v) is 2.94. The lowest BCUT2D eigenvalue weighted by Gasteiger charge is -2.13. The van der Waals surface area contributed by atoms with Crippen molar-refractivity contribution >= 4 is 5.96 Å². The van der Waals surface area contributed by atoms with E-state index in [-0.39, 0.29) is 18.3 Å². The number of benzene rings is 2. The Kier molecular flexibility index (Phi) is 7.53. The fourth-order valence-electron chi connectivity index (χ4n) is 2.94. The lowest BCUT2D eigenvalue weighted by atomic mass is 10.1. The second-order valence-corrected chi connectivity index (χ2v) is 6.42. The summed E-state index contributed by atoms with van der Waals surface area (Å²) < 4.78 is 45.5. The summed E-state index contributed by atoms with van der Waals surface area (Å²) in [7, 11) is 1.41. The molecule has 0 amide bonds. The third-order valence-corrected chi connectivity index (χ3v) is 4.35. The Hall–Kier alpha value is -3.23. The quantitative estimate of drug-likeness (QED) is 0.478. The topological polar surface area (TPSA) is 73.3 Å². The van der Waals surface area contributed by atoms with Gasteiger partial charge in [0.05, 0.1) is 13.7 Å². The molecule has 0 bridgehead atoms. The Morgan fingerprint density at radius 2 is 1.87 bits per heavy atom. The highest BCUT2D eigenvalue weighted by atomic mass is 19.3. The molecule has 0 atom stereocenters. The summed E-state index contributed by atoms with van der Waals surface area (Å²) in [4.78, 5) is 4.58. The fraction of sp³-hybridized carbons (Fsp3) is 0.381. The van der Waals surface area contributed by atoms with Crippen LogP contribution in [-0.4, -0.2) is 39.6 Å². The van der Waals surface area contributed by atoms with Crippen molar-refractivity contribution in [3.63, 3.8) is 0 Å². The van der Waals surface area contributed by atoms with Crippen LogP contribution in [0.5, 0.6) is 23.0 Å². The van der Waals surface area contributed by atoms with E-state index < -0.39 is 6.61 Å². The SMILES string of the molecule is CCNC(=NCc1ccc2c(c1)OCO2)NCCc1ccc(OC)c(OC(F)F)c1. The molecular formula is C21H25F2N3O4. The third kappa shape index (κ3) is 5.88. The van der Waals surface area contributed by atoms with Gasteiger partial charge in [0.2, 0.25) is 6.79 Å². The van der Waals surface area contributed by atoms with E-state index in [1.807, 2.05) is 31.2 Å². The number of aliphatic imine (C=N–C) groups is 1. The largest absolute Gasteiger partial charge is 0.493 e. The molecule has 0 unspecified atom stereocenters. The highest BCUT2D eigenvalue weighted by Gasteiger charge is 2.13. The number of alkyl halides is 2. The smallest absolute Gasteiger partial charge is 0.387 e. The van der Waals surface area contributed by atoms with Crippen LogP contribution in [0.1, 0.15) is 18.1 Å². The van der Waals surface area contributed by atoms with Gasteiger partial charge in [-0.3, -0.25) is 0 Å². The Labute approximate surface area is 174 Å². The molecular weight excluding hydrogens is 396 g/mol. The molecule has 0 saturated carbocycles. The minimum atomic E-state index is -2.91. The first kappa shape index (κ1) is 21.5. The van der Waals surface area contributed by atoms with Gasteiger partial charge in [0.25, 0.3) is 0 Å². The maximum Gasteiger partial charge on any atom is 0.387 e. The Bertz CT molecular complexity index is 877. The molecule has 1 heterocycles. The molecule has 30 heavy (non-hydrogen) atoms. The van der Waals surface area contributed by atoms with Crippen LogP contribution in [0.2, 0.25) is 0 Å². The molecule has 0 radical (unpaired) electrons. The zero-order valence-electron chi connectivity index (χ0n) is 16.9. The van der Waals surface area contributed by atoms with Gasteiger partial charge in [0, 0.05) is 13.1 Å². The number of hydrogen-bond donors (Lipinski definition) is 2. The van der Waals surface area contributed by atoms with E-state index in [0.29, 0.717) is 32.0 Å². The number of fused-ring (bicyclic) bond motifs is 1. The summed E-state index contributed by atoms with van der Waals surface area (Å²) in [5, 5.41) is 6.43. The molecule has 7 nitrogen and oxygen atoms in total. The van der Waals surface area contributed by atoms with Gasteiger partial charge in [-0.1, -0.05) is 12.1 Å². The number of halogens is 2. The van der Waals surface area contributed by atoms with Gasteiger partial charge < -0.3 is 29.6 Å². The summed E-state index contributed by atoms with van der Waals surface area (Å²) in [6.45, 7) is 1.06. The number of guanidine groups is 1. The molecule has 0 fully saturated rings. The van der Waals surface area contributed by atoms with Crippen molar-refractivity contribution in [3.8, 4) is 23.0 Å². The number of nitrogens with zero attached hydrogens (tertiary/aromatic N) is 1. The second kappa shape index (κ2) is 10.5. The lowest BCUT2D eigenvalue weighted by molar-refractivity contribution is -0.0512. The predicted octanol–water partition coefficient (Wildman–Crippen LogP) is 3.32. The number of methoxy groups -OCH3 is 1. The minimum Gasteiger partial charge on any atom is -0.493 e. The molecule has 2 aromatic rings. The van der Waals surface area contributed by atoms with E-state index in [4.69, 9.17) is 14.2 Å². The Morgan fingerprint density at radius 1 is 1.07 bits per heavy atom. The average molecular weight is 421 g/mol. The maximum atomic E-state index is 12.6. The first-order chi connectivity index (χ1) is 14.6. The van der Waals surface area contributed by atoms with Crippen molar-refractivity contribution in [2.24, 2.45) is 4.99 Å². The molecule has 162 valence electrons. The van der Waals surface area contributed by atoms with Gasteiger partial charge in [-0.25, -0.2) is 4.99 Å². The standard InChI is InChI=1S/C21H25F2N3O4/c1-3-24-21(26-12-15-5-7-17-18(11-15)29-13-28-17)25-9-8-14-4-6-16(27-2)19(10-14)30-20(22)23/h4-7,10-11,20H,3,8-9,12-13H2,1-2H3,(H2,24,25,26). The molecule has 2 N–H and O–H groups in total. The molecule has 0 saturated heterocycles. The molecule has 0 spiro atoms. The molecule has 1 aliphatic rings. The van der Waals surface area contributed by atoms with Crippen LogP contribution >= 0.6 is 0 Å². The van der Waals surface area contributed by atoms with Gasteiger partial charge >= 0.3 is 6.61 Å². The van der Waals surface area contributed by atoms with E-state index >= 15 is 0 Å². The maximum absolute atomic E-state index is 12.6. The van der Waals surface area contributed by atoms with Crippen LogP contribution in [0.3, 0.4) is 0 Å². The van der Waals surface area contributed by atoms with Crippen LogP contribution in [0.4, 0.5) is 8.78 Å². The normalized spacial score (nSPS) is 12.8.